The van der Waals surface area contributed by atoms with Crippen molar-refractivity contribution in [3.8, 4) is 0 Å². The second-order valence-corrected chi connectivity index (χ2v) is 7.00. The molecule has 1 aliphatic carbocycles. The second kappa shape index (κ2) is 6.73. The van der Waals surface area contributed by atoms with Crippen LogP contribution in [0.15, 0.2) is 30.3 Å². The zero-order valence-electron chi connectivity index (χ0n) is 13.0. The molecule has 3 atom stereocenters. The number of hydrogen-bond acceptors (Lipinski definition) is 2. The molecular formula is C18H28O2. The van der Waals surface area contributed by atoms with Crippen molar-refractivity contribution >= 4 is 0 Å². The highest BCUT2D eigenvalue weighted by Crippen LogP contribution is 2.37. The minimum absolute atomic E-state index is 0.0849. The monoisotopic (exact) mass is 276 g/mol. The normalized spacial score (nSPS) is 27.5. The van der Waals surface area contributed by atoms with Gasteiger partial charge in [0.15, 0.2) is 0 Å². The van der Waals surface area contributed by atoms with E-state index in [2.05, 4.69) is 51.1 Å². The average molecular weight is 276 g/mol. The van der Waals surface area contributed by atoms with E-state index in [1.54, 1.807) is 0 Å². The fourth-order valence-corrected chi connectivity index (χ4v) is 3.10. The first-order valence-electron chi connectivity index (χ1n) is 7.82. The summed E-state index contributed by atoms with van der Waals surface area (Å²) in [5.74, 6) is 0.968. The van der Waals surface area contributed by atoms with Crippen LogP contribution in [0.3, 0.4) is 0 Å². The molecule has 0 amide bonds. The molecule has 0 saturated heterocycles. The van der Waals surface area contributed by atoms with Crippen LogP contribution in [-0.4, -0.2) is 23.4 Å². The molecule has 0 spiro atoms. The molecule has 1 aromatic rings. The SMILES string of the molecule is CC(C)(C)OCCC1CC(c2ccccc2)CCC1O. The fraction of sp³-hybridized carbons (Fsp3) is 0.667. The van der Waals surface area contributed by atoms with Crippen molar-refractivity contribution in [2.24, 2.45) is 5.92 Å². The minimum Gasteiger partial charge on any atom is -0.393 e. The molecule has 1 saturated carbocycles. The number of rotatable bonds is 4. The maximum absolute atomic E-state index is 10.2. The molecule has 0 aromatic heterocycles. The number of hydrogen-bond donors (Lipinski definition) is 1. The van der Waals surface area contributed by atoms with E-state index < -0.39 is 0 Å². The third-order valence-corrected chi connectivity index (χ3v) is 4.24. The van der Waals surface area contributed by atoms with Crippen molar-refractivity contribution in [1.29, 1.82) is 0 Å². The van der Waals surface area contributed by atoms with Gasteiger partial charge in [0.25, 0.3) is 0 Å². The van der Waals surface area contributed by atoms with Crippen LogP contribution < -0.4 is 0 Å². The molecule has 2 nitrogen and oxygen atoms in total. The standard InChI is InChI=1S/C18H28O2/c1-18(2,3)20-12-11-16-13-15(9-10-17(16)19)14-7-5-4-6-8-14/h4-8,15-17,19H,9-13H2,1-3H3. The number of benzene rings is 1. The van der Waals surface area contributed by atoms with Crippen LogP contribution in [0.5, 0.6) is 0 Å². The van der Waals surface area contributed by atoms with Gasteiger partial charge in [-0.1, -0.05) is 30.3 Å². The van der Waals surface area contributed by atoms with Gasteiger partial charge in [-0.05, 0) is 63.9 Å². The Labute approximate surface area is 123 Å². The molecule has 0 heterocycles. The Bertz CT molecular complexity index is 394. The van der Waals surface area contributed by atoms with Crippen LogP contribution in [0.4, 0.5) is 0 Å². The third-order valence-electron chi connectivity index (χ3n) is 4.24. The van der Waals surface area contributed by atoms with E-state index in [1.165, 1.54) is 5.56 Å². The molecule has 1 fully saturated rings. The minimum atomic E-state index is -0.154. The molecule has 1 aliphatic rings. The summed E-state index contributed by atoms with van der Waals surface area (Å²) in [4.78, 5) is 0. The van der Waals surface area contributed by atoms with Gasteiger partial charge in [-0.2, -0.15) is 0 Å². The van der Waals surface area contributed by atoms with Crippen LogP contribution in [0.1, 0.15) is 57.9 Å². The van der Waals surface area contributed by atoms with E-state index in [0.29, 0.717) is 11.8 Å². The summed E-state index contributed by atoms with van der Waals surface area (Å²) >= 11 is 0. The molecule has 112 valence electrons. The topological polar surface area (TPSA) is 29.5 Å². The lowest BCUT2D eigenvalue weighted by molar-refractivity contribution is -0.0262. The third kappa shape index (κ3) is 4.60. The van der Waals surface area contributed by atoms with Crippen molar-refractivity contribution in [2.75, 3.05) is 6.61 Å². The van der Waals surface area contributed by atoms with E-state index >= 15 is 0 Å². The molecule has 2 heteroatoms. The van der Waals surface area contributed by atoms with E-state index in [1.807, 2.05) is 0 Å². The van der Waals surface area contributed by atoms with E-state index in [9.17, 15) is 5.11 Å². The first-order valence-corrected chi connectivity index (χ1v) is 7.82. The van der Waals surface area contributed by atoms with Crippen molar-refractivity contribution in [3.05, 3.63) is 35.9 Å². The first-order chi connectivity index (χ1) is 9.46. The lowest BCUT2D eigenvalue weighted by Gasteiger charge is -2.34. The molecule has 1 N–H and O–H groups in total. The molecule has 1 aromatic carbocycles. The van der Waals surface area contributed by atoms with Crippen LogP contribution in [-0.2, 0) is 4.74 Å². The van der Waals surface area contributed by atoms with Crippen molar-refractivity contribution in [1.82, 2.24) is 0 Å². The summed E-state index contributed by atoms with van der Waals surface area (Å²) in [5.41, 5.74) is 1.33. The maximum atomic E-state index is 10.2. The summed E-state index contributed by atoms with van der Waals surface area (Å²) in [6, 6.07) is 10.7. The molecule has 2 rings (SSSR count). The Morgan fingerprint density at radius 3 is 2.50 bits per heavy atom. The van der Waals surface area contributed by atoms with Gasteiger partial charge in [-0.15, -0.1) is 0 Å². The predicted molar refractivity (Wildman–Crippen MR) is 82.9 cm³/mol. The van der Waals surface area contributed by atoms with Gasteiger partial charge in [0.1, 0.15) is 0 Å². The number of aliphatic hydroxyl groups excluding tert-OH is 1. The molecule has 0 bridgehead atoms. The highest BCUT2D eigenvalue weighted by Gasteiger charge is 2.29. The maximum Gasteiger partial charge on any atom is 0.0598 e. The van der Waals surface area contributed by atoms with Gasteiger partial charge in [0.05, 0.1) is 11.7 Å². The van der Waals surface area contributed by atoms with Gasteiger partial charge in [0.2, 0.25) is 0 Å². The van der Waals surface area contributed by atoms with Crippen molar-refractivity contribution in [3.63, 3.8) is 0 Å². The van der Waals surface area contributed by atoms with Gasteiger partial charge < -0.3 is 9.84 Å². The van der Waals surface area contributed by atoms with Gasteiger partial charge >= 0.3 is 0 Å². The van der Waals surface area contributed by atoms with Crippen LogP contribution in [0, 0.1) is 5.92 Å². The van der Waals surface area contributed by atoms with Crippen molar-refractivity contribution < 1.29 is 9.84 Å². The molecule has 3 unspecified atom stereocenters. The number of ether oxygens (including phenoxy) is 1. The second-order valence-electron chi connectivity index (χ2n) is 7.00. The Balaban J connectivity index is 1.88. The Kier molecular flexibility index (Phi) is 5.22. The smallest absolute Gasteiger partial charge is 0.0598 e. The largest absolute Gasteiger partial charge is 0.393 e. The molecule has 0 aliphatic heterocycles. The van der Waals surface area contributed by atoms with E-state index in [4.69, 9.17) is 4.74 Å². The van der Waals surface area contributed by atoms with Crippen molar-refractivity contribution in [2.45, 2.75) is 64.1 Å². The quantitative estimate of drug-likeness (QED) is 0.895. The summed E-state index contributed by atoms with van der Waals surface area (Å²) < 4.78 is 5.81. The highest BCUT2D eigenvalue weighted by molar-refractivity contribution is 5.20. The molecule has 20 heavy (non-hydrogen) atoms. The summed E-state index contributed by atoms with van der Waals surface area (Å²) in [6.45, 7) is 6.98. The summed E-state index contributed by atoms with van der Waals surface area (Å²) in [7, 11) is 0. The van der Waals surface area contributed by atoms with Gasteiger partial charge in [0, 0.05) is 6.61 Å². The lowest BCUT2D eigenvalue weighted by Crippen LogP contribution is -2.30. The Morgan fingerprint density at radius 1 is 1.15 bits per heavy atom. The van der Waals surface area contributed by atoms with E-state index in [0.717, 1.165) is 32.3 Å². The highest BCUT2D eigenvalue weighted by atomic mass is 16.5. The zero-order chi connectivity index (χ0) is 14.6. The van der Waals surface area contributed by atoms with Crippen LogP contribution in [0.2, 0.25) is 0 Å². The average Bonchev–Trinajstić information content (AvgIpc) is 2.40. The Morgan fingerprint density at radius 2 is 1.85 bits per heavy atom. The zero-order valence-corrected chi connectivity index (χ0v) is 13.0. The predicted octanol–water partition coefficient (Wildman–Crippen LogP) is 4.14. The fourth-order valence-electron chi connectivity index (χ4n) is 3.10. The summed E-state index contributed by atoms with van der Waals surface area (Å²) in [5, 5.41) is 10.2. The van der Waals surface area contributed by atoms with Gasteiger partial charge in [-0.25, -0.2) is 0 Å². The lowest BCUT2D eigenvalue weighted by atomic mass is 9.75. The molecular weight excluding hydrogens is 248 g/mol. The van der Waals surface area contributed by atoms with Crippen LogP contribution in [0.25, 0.3) is 0 Å². The van der Waals surface area contributed by atoms with Crippen LogP contribution >= 0.6 is 0 Å². The molecule has 0 radical (unpaired) electrons. The Hall–Kier alpha value is -0.860. The summed E-state index contributed by atoms with van der Waals surface area (Å²) in [6.07, 6.45) is 3.90. The van der Waals surface area contributed by atoms with Gasteiger partial charge in [-0.3, -0.25) is 0 Å². The van der Waals surface area contributed by atoms with E-state index in [-0.39, 0.29) is 11.7 Å². The first kappa shape index (κ1) is 15.5. The number of aliphatic hydroxyl groups is 1.